The van der Waals surface area contributed by atoms with Gasteiger partial charge in [0.25, 0.3) is 0 Å². The number of carbonyl (C=O) groups excluding carboxylic acids is 3. The van der Waals surface area contributed by atoms with E-state index in [-0.39, 0.29) is 23.9 Å². The van der Waals surface area contributed by atoms with Crippen LogP contribution in [0.4, 0.5) is 10.5 Å². The number of imide groups is 1. The fraction of sp³-hybridized carbons (Fsp3) is 0.500. The van der Waals surface area contributed by atoms with E-state index in [1.807, 2.05) is 37.3 Å². The van der Waals surface area contributed by atoms with Gasteiger partial charge in [0.2, 0.25) is 11.8 Å². The third-order valence-electron chi connectivity index (χ3n) is 4.61. The van der Waals surface area contributed by atoms with Crippen molar-refractivity contribution in [3.63, 3.8) is 0 Å². The average Bonchev–Trinajstić information content (AvgIpc) is 3.29. The number of carbonyl (C=O) groups is 3. The summed E-state index contributed by atoms with van der Waals surface area (Å²) in [6, 6.07) is 8.97. The lowest BCUT2D eigenvalue weighted by Gasteiger charge is -2.22. The van der Waals surface area contributed by atoms with Gasteiger partial charge in [0, 0.05) is 0 Å². The van der Waals surface area contributed by atoms with E-state index in [0.717, 1.165) is 11.4 Å². The molecule has 4 atom stereocenters. The highest BCUT2D eigenvalue weighted by atomic mass is 32.2. The molecule has 1 aromatic rings. The van der Waals surface area contributed by atoms with E-state index in [1.54, 1.807) is 12.0 Å². The highest BCUT2D eigenvalue weighted by Gasteiger charge is 2.40. The molecule has 0 radical (unpaired) electrons. The number of anilines is 1. The quantitative estimate of drug-likeness (QED) is 0.566. The van der Waals surface area contributed by atoms with Crippen molar-refractivity contribution in [2.75, 3.05) is 17.5 Å². The van der Waals surface area contributed by atoms with Crippen molar-refractivity contribution in [1.29, 1.82) is 0 Å². The molecular formula is C18H25N5O4S. The molecule has 0 aromatic heterocycles. The first-order valence-corrected chi connectivity index (χ1v) is 10.3. The summed E-state index contributed by atoms with van der Waals surface area (Å²) in [6.45, 7) is 3.77. The monoisotopic (exact) mass is 407 g/mol. The van der Waals surface area contributed by atoms with E-state index in [1.165, 1.54) is 11.8 Å². The third kappa shape index (κ3) is 4.75. The van der Waals surface area contributed by atoms with Crippen LogP contribution in [-0.4, -0.2) is 47.7 Å². The van der Waals surface area contributed by atoms with Crippen LogP contribution in [-0.2, 0) is 14.3 Å². The maximum Gasteiger partial charge on any atom is 0.413 e. The molecule has 0 spiro atoms. The predicted molar refractivity (Wildman–Crippen MR) is 106 cm³/mol. The molecular weight excluding hydrogens is 382 g/mol. The van der Waals surface area contributed by atoms with Crippen LogP contribution in [0.2, 0.25) is 0 Å². The highest BCUT2D eigenvalue weighted by molar-refractivity contribution is 8.00. The number of nitrogens with zero attached hydrogens (tertiary/aromatic N) is 1. The fourth-order valence-corrected chi connectivity index (χ4v) is 4.50. The predicted octanol–water partition coefficient (Wildman–Crippen LogP) is 0.741. The van der Waals surface area contributed by atoms with Crippen LogP contribution in [0, 0.1) is 5.92 Å². The molecule has 0 bridgehead atoms. The molecule has 2 fully saturated rings. The van der Waals surface area contributed by atoms with Crippen molar-refractivity contribution < 1.29 is 19.1 Å². The second-order valence-electron chi connectivity index (χ2n) is 6.60. The summed E-state index contributed by atoms with van der Waals surface area (Å²) in [6.07, 6.45) is -0.175. The second-order valence-corrected chi connectivity index (χ2v) is 7.85. The van der Waals surface area contributed by atoms with Gasteiger partial charge in [0.15, 0.2) is 0 Å². The molecule has 4 N–H and O–H groups in total. The molecule has 1 aromatic carbocycles. The summed E-state index contributed by atoms with van der Waals surface area (Å²) < 4.78 is 4.75. The van der Waals surface area contributed by atoms with Crippen LogP contribution in [0.1, 0.15) is 20.3 Å². The molecule has 9 nitrogen and oxygen atoms in total. The van der Waals surface area contributed by atoms with Crippen molar-refractivity contribution in [2.24, 2.45) is 5.92 Å². The van der Waals surface area contributed by atoms with E-state index in [4.69, 9.17) is 4.74 Å². The van der Waals surface area contributed by atoms with E-state index in [0.29, 0.717) is 6.42 Å². The Hall–Kier alpha value is -2.30. The Bertz CT molecular complexity index is 719. The molecule has 2 aliphatic rings. The van der Waals surface area contributed by atoms with Crippen molar-refractivity contribution >= 4 is 35.4 Å². The number of nitrogens with one attached hydrogen (secondary N) is 4. The Kier molecular flexibility index (Phi) is 6.76. The van der Waals surface area contributed by atoms with Gasteiger partial charge >= 0.3 is 6.09 Å². The Morgan fingerprint density at radius 2 is 1.96 bits per heavy atom. The van der Waals surface area contributed by atoms with Crippen LogP contribution >= 0.6 is 11.8 Å². The number of hydrazine groups is 2. The molecule has 2 heterocycles. The molecule has 0 aliphatic carbocycles. The Morgan fingerprint density at radius 1 is 1.21 bits per heavy atom. The Morgan fingerprint density at radius 3 is 2.68 bits per heavy atom. The highest BCUT2D eigenvalue weighted by Crippen LogP contribution is 2.31. The average molecular weight is 407 g/mol. The number of alkyl carbamates (subject to hydrolysis) is 1. The summed E-state index contributed by atoms with van der Waals surface area (Å²) in [5.41, 5.74) is 7.26. The zero-order valence-corrected chi connectivity index (χ0v) is 16.6. The van der Waals surface area contributed by atoms with E-state index >= 15 is 0 Å². The first-order chi connectivity index (χ1) is 13.5. The number of benzene rings is 1. The van der Waals surface area contributed by atoms with Gasteiger partial charge in [-0.15, -0.1) is 11.8 Å². The van der Waals surface area contributed by atoms with Crippen LogP contribution < -0.4 is 26.6 Å². The molecule has 2 saturated heterocycles. The lowest BCUT2D eigenvalue weighted by atomic mass is 10.1. The fourth-order valence-electron chi connectivity index (χ4n) is 3.17. The molecule has 0 saturated carbocycles. The van der Waals surface area contributed by atoms with Gasteiger partial charge in [-0.1, -0.05) is 18.2 Å². The maximum absolute atomic E-state index is 12.8. The first kappa shape index (κ1) is 20.4. The van der Waals surface area contributed by atoms with E-state index < -0.39 is 24.0 Å². The zero-order valence-electron chi connectivity index (χ0n) is 15.8. The molecule has 28 heavy (non-hydrogen) atoms. The Balaban J connectivity index is 1.57. The minimum Gasteiger partial charge on any atom is -0.450 e. The summed E-state index contributed by atoms with van der Waals surface area (Å²) in [5, 5.41) is 6.51. The molecule has 3 amide bonds. The minimum atomic E-state index is -0.761. The van der Waals surface area contributed by atoms with Crippen molar-refractivity contribution in [3.05, 3.63) is 30.3 Å². The second kappa shape index (κ2) is 9.26. The number of amides is 3. The zero-order chi connectivity index (χ0) is 20.1. The van der Waals surface area contributed by atoms with Gasteiger partial charge in [-0.05, 0) is 38.2 Å². The molecule has 4 unspecified atom stereocenters. The van der Waals surface area contributed by atoms with Gasteiger partial charge in [-0.2, -0.15) is 0 Å². The SMILES string of the molecule is CCOC(=O)NC(=O)C1CCSC1NC(=O)C1NN(c2ccccc2)NC1C. The van der Waals surface area contributed by atoms with Crippen LogP contribution in [0.15, 0.2) is 30.3 Å². The third-order valence-corrected chi connectivity index (χ3v) is 5.89. The molecule has 3 rings (SSSR count). The van der Waals surface area contributed by atoms with E-state index in [9.17, 15) is 14.4 Å². The molecule has 152 valence electrons. The standard InChI is InChI=1S/C18H25N5O4S/c1-3-27-18(26)20-15(24)13-9-10-28-17(13)19-16(25)14-11(2)21-23(22-14)12-7-5-4-6-8-12/h4-8,11,13-14,17,21-22H,3,9-10H2,1-2H3,(H,19,25)(H,20,24,26). The van der Waals surface area contributed by atoms with Crippen LogP contribution in [0.5, 0.6) is 0 Å². The Labute approximate surface area is 167 Å². The topological polar surface area (TPSA) is 112 Å². The largest absolute Gasteiger partial charge is 0.450 e. The smallest absolute Gasteiger partial charge is 0.413 e. The number of rotatable bonds is 5. The van der Waals surface area contributed by atoms with Crippen LogP contribution in [0.3, 0.4) is 0 Å². The van der Waals surface area contributed by atoms with E-state index in [2.05, 4.69) is 21.5 Å². The van der Waals surface area contributed by atoms with Crippen molar-refractivity contribution in [3.8, 4) is 0 Å². The van der Waals surface area contributed by atoms with Gasteiger partial charge < -0.3 is 10.1 Å². The summed E-state index contributed by atoms with van der Waals surface area (Å²) in [5.74, 6) is -0.376. The van der Waals surface area contributed by atoms with Gasteiger partial charge in [-0.3, -0.25) is 14.9 Å². The van der Waals surface area contributed by atoms with Gasteiger partial charge in [0.05, 0.1) is 29.6 Å². The number of hydrogen-bond acceptors (Lipinski definition) is 8. The minimum absolute atomic E-state index is 0.140. The summed E-state index contributed by atoms with van der Waals surface area (Å²) >= 11 is 1.50. The molecule has 2 aliphatic heterocycles. The van der Waals surface area contributed by atoms with Crippen molar-refractivity contribution in [2.45, 2.75) is 37.7 Å². The van der Waals surface area contributed by atoms with Crippen LogP contribution in [0.25, 0.3) is 0 Å². The lowest BCUT2D eigenvalue weighted by Crippen LogP contribution is -2.52. The summed E-state index contributed by atoms with van der Waals surface area (Å²) in [7, 11) is 0. The number of para-hydroxylation sites is 1. The van der Waals surface area contributed by atoms with Gasteiger partial charge in [-0.25, -0.2) is 20.8 Å². The maximum atomic E-state index is 12.8. The normalized spacial score (nSPS) is 26.7. The van der Waals surface area contributed by atoms with Gasteiger partial charge in [0.1, 0.15) is 6.04 Å². The lowest BCUT2D eigenvalue weighted by molar-refractivity contribution is -0.126. The number of hydrogen-bond donors (Lipinski definition) is 4. The molecule has 10 heteroatoms. The summed E-state index contributed by atoms with van der Waals surface area (Å²) in [4.78, 5) is 36.6. The first-order valence-electron chi connectivity index (χ1n) is 9.26. The number of thioether (sulfide) groups is 1. The van der Waals surface area contributed by atoms with Crippen molar-refractivity contribution in [1.82, 2.24) is 21.5 Å². The number of ether oxygens (including phenoxy) is 1.